The molecule has 2 atom stereocenters. The third kappa shape index (κ3) is 4.03. The highest BCUT2D eigenvalue weighted by atomic mass is 16.5. The molecule has 1 heterocycles. The van der Waals surface area contributed by atoms with Crippen molar-refractivity contribution in [2.45, 2.75) is 45.6 Å². The van der Waals surface area contributed by atoms with Crippen molar-refractivity contribution in [2.75, 3.05) is 6.61 Å². The van der Waals surface area contributed by atoms with Crippen LogP contribution in [0.25, 0.3) is 0 Å². The zero-order chi connectivity index (χ0) is 15.2. The fourth-order valence-electron chi connectivity index (χ4n) is 2.65. The van der Waals surface area contributed by atoms with Crippen LogP contribution in [-0.4, -0.2) is 29.5 Å². The third-order valence-electron chi connectivity index (χ3n) is 3.89. The quantitative estimate of drug-likeness (QED) is 0.865. The van der Waals surface area contributed by atoms with Crippen molar-refractivity contribution in [3.05, 3.63) is 29.6 Å². The van der Waals surface area contributed by atoms with E-state index in [-0.39, 0.29) is 29.9 Å². The molecule has 2 unspecified atom stereocenters. The largest absolute Gasteiger partial charge is 0.461 e. The van der Waals surface area contributed by atoms with Crippen LogP contribution in [0.3, 0.4) is 0 Å². The SMILES string of the molecule is CCOC(=O)c1cccc(C(=O)NC2CCCCC2C)n1. The molecule has 1 fully saturated rings. The van der Waals surface area contributed by atoms with Crippen LogP contribution < -0.4 is 5.32 Å². The van der Waals surface area contributed by atoms with Crippen LogP contribution in [0, 0.1) is 5.92 Å². The van der Waals surface area contributed by atoms with Gasteiger partial charge in [-0.1, -0.05) is 25.8 Å². The van der Waals surface area contributed by atoms with Gasteiger partial charge in [0.2, 0.25) is 0 Å². The molecule has 1 aliphatic carbocycles. The number of hydrogen-bond acceptors (Lipinski definition) is 4. The molecule has 0 saturated heterocycles. The summed E-state index contributed by atoms with van der Waals surface area (Å²) in [5.74, 6) is -0.242. The van der Waals surface area contributed by atoms with E-state index in [0.29, 0.717) is 5.92 Å². The minimum absolute atomic E-state index is 0.168. The van der Waals surface area contributed by atoms with Gasteiger partial charge in [-0.15, -0.1) is 0 Å². The first-order chi connectivity index (χ1) is 10.1. The Morgan fingerprint density at radius 3 is 2.71 bits per heavy atom. The van der Waals surface area contributed by atoms with Gasteiger partial charge < -0.3 is 10.1 Å². The minimum atomic E-state index is -0.502. The Morgan fingerprint density at radius 1 is 1.29 bits per heavy atom. The Hall–Kier alpha value is -1.91. The van der Waals surface area contributed by atoms with Crippen molar-refractivity contribution in [3.8, 4) is 0 Å². The van der Waals surface area contributed by atoms with E-state index in [0.717, 1.165) is 19.3 Å². The number of amides is 1. The summed E-state index contributed by atoms with van der Waals surface area (Å²) < 4.78 is 4.90. The molecule has 21 heavy (non-hydrogen) atoms. The summed E-state index contributed by atoms with van der Waals surface area (Å²) in [6, 6.07) is 5.02. The monoisotopic (exact) mass is 290 g/mol. The van der Waals surface area contributed by atoms with Crippen LogP contribution in [-0.2, 0) is 4.74 Å². The van der Waals surface area contributed by atoms with Crippen molar-refractivity contribution in [3.63, 3.8) is 0 Å². The molecular weight excluding hydrogens is 268 g/mol. The molecule has 5 nitrogen and oxygen atoms in total. The normalized spacial score (nSPS) is 21.6. The topological polar surface area (TPSA) is 68.3 Å². The Balaban J connectivity index is 2.05. The molecule has 0 aromatic carbocycles. The van der Waals surface area contributed by atoms with Crippen LogP contribution >= 0.6 is 0 Å². The first kappa shape index (κ1) is 15.5. The molecule has 0 bridgehead atoms. The summed E-state index contributed by atoms with van der Waals surface area (Å²) in [7, 11) is 0. The number of aromatic nitrogens is 1. The van der Waals surface area contributed by atoms with E-state index in [9.17, 15) is 9.59 Å². The number of nitrogens with zero attached hydrogens (tertiary/aromatic N) is 1. The van der Waals surface area contributed by atoms with E-state index in [4.69, 9.17) is 4.74 Å². The van der Waals surface area contributed by atoms with Gasteiger partial charge in [0.1, 0.15) is 11.4 Å². The smallest absolute Gasteiger partial charge is 0.356 e. The second-order valence-electron chi connectivity index (χ2n) is 5.47. The Kier molecular flexibility index (Phi) is 5.31. The second-order valence-corrected chi connectivity index (χ2v) is 5.47. The van der Waals surface area contributed by atoms with Gasteiger partial charge in [0.25, 0.3) is 5.91 Å². The number of esters is 1. The van der Waals surface area contributed by atoms with Gasteiger partial charge in [0, 0.05) is 6.04 Å². The maximum Gasteiger partial charge on any atom is 0.356 e. The molecule has 114 valence electrons. The highest BCUT2D eigenvalue weighted by Crippen LogP contribution is 2.23. The highest BCUT2D eigenvalue weighted by Gasteiger charge is 2.24. The first-order valence-corrected chi connectivity index (χ1v) is 7.57. The van der Waals surface area contributed by atoms with Gasteiger partial charge in [-0.3, -0.25) is 4.79 Å². The minimum Gasteiger partial charge on any atom is -0.461 e. The van der Waals surface area contributed by atoms with Crippen molar-refractivity contribution in [1.29, 1.82) is 0 Å². The number of pyridine rings is 1. The summed E-state index contributed by atoms with van der Waals surface area (Å²) in [6.07, 6.45) is 4.52. The average molecular weight is 290 g/mol. The van der Waals surface area contributed by atoms with E-state index in [1.165, 1.54) is 6.42 Å². The molecular formula is C16H22N2O3. The fourth-order valence-corrected chi connectivity index (χ4v) is 2.65. The van der Waals surface area contributed by atoms with Crippen LogP contribution in [0.2, 0.25) is 0 Å². The lowest BCUT2D eigenvalue weighted by molar-refractivity contribution is 0.0519. The van der Waals surface area contributed by atoms with E-state index in [2.05, 4.69) is 17.2 Å². The first-order valence-electron chi connectivity index (χ1n) is 7.57. The highest BCUT2D eigenvalue weighted by molar-refractivity contribution is 5.94. The zero-order valence-corrected chi connectivity index (χ0v) is 12.6. The van der Waals surface area contributed by atoms with Gasteiger partial charge in [-0.2, -0.15) is 0 Å². The molecule has 1 saturated carbocycles. The van der Waals surface area contributed by atoms with E-state index in [1.807, 2.05) is 0 Å². The lowest BCUT2D eigenvalue weighted by Gasteiger charge is -2.29. The predicted octanol–water partition coefficient (Wildman–Crippen LogP) is 2.57. The summed E-state index contributed by atoms with van der Waals surface area (Å²) in [5.41, 5.74) is 0.430. The lowest BCUT2D eigenvalue weighted by Crippen LogP contribution is -2.41. The van der Waals surface area contributed by atoms with Crippen molar-refractivity contribution >= 4 is 11.9 Å². The van der Waals surface area contributed by atoms with Crippen molar-refractivity contribution < 1.29 is 14.3 Å². The summed E-state index contributed by atoms with van der Waals surface area (Å²) in [4.78, 5) is 28.0. The van der Waals surface area contributed by atoms with Gasteiger partial charge in [-0.25, -0.2) is 9.78 Å². The van der Waals surface area contributed by atoms with Gasteiger partial charge in [0.15, 0.2) is 0 Å². The van der Waals surface area contributed by atoms with Crippen LogP contribution in [0.5, 0.6) is 0 Å². The molecule has 1 aliphatic rings. The average Bonchev–Trinajstić information content (AvgIpc) is 2.50. The molecule has 2 rings (SSSR count). The standard InChI is InChI=1S/C16H22N2O3/c1-3-21-16(20)14-10-6-9-13(17-14)15(19)18-12-8-5-4-7-11(12)2/h6,9-12H,3-5,7-8H2,1-2H3,(H,18,19). The molecule has 5 heteroatoms. The number of ether oxygens (including phenoxy) is 1. The fraction of sp³-hybridized carbons (Fsp3) is 0.562. The second kappa shape index (κ2) is 7.20. The van der Waals surface area contributed by atoms with E-state index < -0.39 is 5.97 Å². The maximum absolute atomic E-state index is 12.3. The number of hydrogen-bond donors (Lipinski definition) is 1. The predicted molar refractivity (Wildman–Crippen MR) is 79.1 cm³/mol. The Bertz CT molecular complexity index is 516. The Morgan fingerprint density at radius 2 is 2.00 bits per heavy atom. The van der Waals surface area contributed by atoms with Gasteiger partial charge in [0.05, 0.1) is 6.61 Å². The van der Waals surface area contributed by atoms with E-state index in [1.54, 1.807) is 25.1 Å². The number of rotatable bonds is 4. The molecule has 1 N–H and O–H groups in total. The summed E-state index contributed by atoms with van der Waals surface area (Å²) >= 11 is 0. The molecule has 0 aliphatic heterocycles. The van der Waals surface area contributed by atoms with Crippen molar-refractivity contribution in [2.24, 2.45) is 5.92 Å². The molecule has 1 aromatic rings. The van der Waals surface area contributed by atoms with Crippen molar-refractivity contribution in [1.82, 2.24) is 10.3 Å². The molecule has 1 aromatic heterocycles. The van der Waals surface area contributed by atoms with Crippen LogP contribution in [0.4, 0.5) is 0 Å². The molecule has 0 spiro atoms. The number of carbonyl (C=O) groups is 2. The summed E-state index contributed by atoms with van der Waals surface area (Å²) in [5, 5.41) is 3.03. The van der Waals surface area contributed by atoms with Gasteiger partial charge >= 0.3 is 5.97 Å². The Labute approximate surface area is 125 Å². The molecule has 0 radical (unpaired) electrons. The maximum atomic E-state index is 12.3. The lowest BCUT2D eigenvalue weighted by atomic mass is 9.86. The third-order valence-corrected chi connectivity index (χ3v) is 3.89. The van der Waals surface area contributed by atoms with Gasteiger partial charge in [-0.05, 0) is 37.8 Å². The number of nitrogens with one attached hydrogen (secondary N) is 1. The zero-order valence-electron chi connectivity index (χ0n) is 12.6. The van der Waals surface area contributed by atoms with E-state index >= 15 is 0 Å². The number of carbonyl (C=O) groups excluding carboxylic acids is 2. The van der Waals surface area contributed by atoms with Crippen LogP contribution in [0.1, 0.15) is 60.5 Å². The summed E-state index contributed by atoms with van der Waals surface area (Å²) in [6.45, 7) is 4.18. The van der Waals surface area contributed by atoms with Crippen LogP contribution in [0.15, 0.2) is 18.2 Å². The molecule has 1 amide bonds.